The third kappa shape index (κ3) is 4.28. The number of benzene rings is 2. The number of carbonyl (C=O) groups excluding carboxylic acids is 1. The molecule has 0 fully saturated rings. The maximum absolute atomic E-state index is 13.3. The summed E-state index contributed by atoms with van der Waals surface area (Å²) in [6.45, 7) is 11.4. The molecule has 1 aromatic heterocycles. The van der Waals surface area contributed by atoms with Crippen molar-refractivity contribution in [2.45, 2.75) is 52.4 Å². The second kappa shape index (κ2) is 7.95. The van der Waals surface area contributed by atoms with E-state index in [1.54, 1.807) is 18.2 Å². The Morgan fingerprint density at radius 3 is 2.03 bits per heavy atom. The van der Waals surface area contributed by atoms with Gasteiger partial charge in [0.25, 0.3) is 0 Å². The molecule has 0 aliphatic rings. The molecule has 0 saturated carbocycles. The molecule has 0 aliphatic carbocycles. The van der Waals surface area contributed by atoms with Crippen LogP contribution in [0.2, 0.25) is 0 Å². The number of aromatic carboxylic acids is 1. The van der Waals surface area contributed by atoms with Crippen LogP contribution in [-0.2, 0) is 10.8 Å². The van der Waals surface area contributed by atoms with Crippen LogP contribution in [0.5, 0.6) is 11.5 Å². The highest BCUT2D eigenvalue weighted by atomic mass is 16.4. The summed E-state index contributed by atoms with van der Waals surface area (Å²) in [6, 6.07) is 7.11. The van der Waals surface area contributed by atoms with Gasteiger partial charge in [-0.3, -0.25) is 9.36 Å². The van der Waals surface area contributed by atoms with Crippen molar-refractivity contribution in [1.29, 1.82) is 0 Å². The number of para-hydroxylation sites is 1. The fourth-order valence-corrected chi connectivity index (χ4v) is 3.71. The Bertz CT molecular complexity index is 1340. The summed E-state index contributed by atoms with van der Waals surface area (Å²) >= 11 is 0. The topological polar surface area (TPSA) is 129 Å². The number of aromatic hydroxyl groups is 2. The Labute approximate surface area is 191 Å². The van der Waals surface area contributed by atoms with Gasteiger partial charge in [-0.2, -0.15) is 0 Å². The van der Waals surface area contributed by atoms with Gasteiger partial charge in [0.15, 0.2) is 11.5 Å². The van der Waals surface area contributed by atoms with E-state index in [2.05, 4.69) is 5.32 Å². The standard InChI is InChI=1S/C25H28N2O6/c1-24(2,3)15-11-16(25(4,5)6)20(29)21(30)18(15)26-23(33)27-12-14(22(31)32)19(28)13-9-7-8-10-17(13)27/h7-12,29-30H,1-6H3,(H,26,33)(H,31,32). The molecule has 0 saturated heterocycles. The Balaban J connectivity index is 2.25. The molecule has 0 spiro atoms. The van der Waals surface area contributed by atoms with Gasteiger partial charge in [-0.25, -0.2) is 9.59 Å². The highest BCUT2D eigenvalue weighted by molar-refractivity contribution is 6.02. The normalized spacial score (nSPS) is 12.1. The lowest BCUT2D eigenvalue weighted by atomic mass is 9.79. The van der Waals surface area contributed by atoms with E-state index in [0.717, 1.165) is 10.8 Å². The van der Waals surface area contributed by atoms with Crippen LogP contribution in [0.3, 0.4) is 0 Å². The van der Waals surface area contributed by atoms with E-state index in [1.165, 1.54) is 12.1 Å². The fourth-order valence-electron chi connectivity index (χ4n) is 3.71. The fraction of sp³-hybridized carbons (Fsp3) is 0.320. The van der Waals surface area contributed by atoms with Crippen LogP contribution in [0.15, 0.2) is 41.3 Å². The van der Waals surface area contributed by atoms with E-state index in [1.807, 2.05) is 41.5 Å². The number of rotatable bonds is 2. The van der Waals surface area contributed by atoms with Crippen LogP contribution in [0.25, 0.3) is 10.9 Å². The third-order valence-corrected chi connectivity index (χ3v) is 5.48. The van der Waals surface area contributed by atoms with Crippen LogP contribution in [0, 0.1) is 0 Å². The molecule has 0 unspecified atom stereocenters. The molecule has 33 heavy (non-hydrogen) atoms. The van der Waals surface area contributed by atoms with Crippen LogP contribution < -0.4 is 10.7 Å². The van der Waals surface area contributed by atoms with Crippen molar-refractivity contribution in [2.75, 3.05) is 5.32 Å². The van der Waals surface area contributed by atoms with Crippen molar-refractivity contribution < 1.29 is 24.9 Å². The maximum atomic E-state index is 13.3. The van der Waals surface area contributed by atoms with Crippen LogP contribution >= 0.6 is 0 Å². The quantitative estimate of drug-likeness (QED) is 0.414. The molecule has 8 nitrogen and oxygen atoms in total. The number of nitrogens with zero attached hydrogens (tertiary/aromatic N) is 1. The predicted octanol–water partition coefficient (Wildman–Crippen LogP) is 4.79. The molecule has 0 atom stereocenters. The molecular weight excluding hydrogens is 424 g/mol. The highest BCUT2D eigenvalue weighted by Gasteiger charge is 2.30. The second-order valence-corrected chi connectivity index (χ2v) is 10.0. The number of aromatic nitrogens is 1. The molecule has 0 bridgehead atoms. The first-order valence-corrected chi connectivity index (χ1v) is 10.4. The molecule has 1 heterocycles. The van der Waals surface area contributed by atoms with Gasteiger partial charge in [-0.15, -0.1) is 0 Å². The van der Waals surface area contributed by atoms with Gasteiger partial charge >= 0.3 is 12.0 Å². The monoisotopic (exact) mass is 452 g/mol. The van der Waals surface area contributed by atoms with E-state index >= 15 is 0 Å². The molecule has 0 radical (unpaired) electrons. The summed E-state index contributed by atoms with van der Waals surface area (Å²) < 4.78 is 1.01. The van der Waals surface area contributed by atoms with Crippen molar-refractivity contribution in [1.82, 2.24) is 4.57 Å². The number of phenols is 2. The number of fused-ring (bicyclic) bond motifs is 1. The van der Waals surface area contributed by atoms with Gasteiger partial charge in [-0.1, -0.05) is 53.7 Å². The summed E-state index contributed by atoms with van der Waals surface area (Å²) in [4.78, 5) is 37.4. The number of carboxylic acid groups (broad SMARTS) is 1. The Kier molecular flexibility index (Phi) is 5.75. The van der Waals surface area contributed by atoms with Gasteiger partial charge in [0.05, 0.1) is 11.2 Å². The number of hydrogen-bond acceptors (Lipinski definition) is 5. The average molecular weight is 453 g/mol. The number of amides is 1. The van der Waals surface area contributed by atoms with Gasteiger partial charge < -0.3 is 20.6 Å². The predicted molar refractivity (Wildman–Crippen MR) is 127 cm³/mol. The van der Waals surface area contributed by atoms with E-state index in [9.17, 15) is 29.7 Å². The second-order valence-electron chi connectivity index (χ2n) is 10.0. The third-order valence-electron chi connectivity index (χ3n) is 5.48. The molecule has 3 aromatic rings. The van der Waals surface area contributed by atoms with Crippen LogP contribution in [-0.4, -0.2) is 31.9 Å². The largest absolute Gasteiger partial charge is 0.504 e. The zero-order valence-corrected chi connectivity index (χ0v) is 19.5. The smallest absolute Gasteiger partial charge is 0.341 e. The highest BCUT2D eigenvalue weighted by Crippen LogP contribution is 2.47. The van der Waals surface area contributed by atoms with Crippen molar-refractivity contribution in [3.8, 4) is 11.5 Å². The Hall–Kier alpha value is -3.81. The molecule has 1 amide bonds. The Morgan fingerprint density at radius 2 is 1.48 bits per heavy atom. The van der Waals surface area contributed by atoms with E-state index < -0.39 is 39.6 Å². The van der Waals surface area contributed by atoms with Crippen LogP contribution in [0.1, 0.15) is 63.0 Å². The Morgan fingerprint density at radius 1 is 0.909 bits per heavy atom. The SMILES string of the molecule is CC(C)(C)c1cc(C(C)(C)C)c(NC(=O)n2cc(C(=O)O)c(=O)c3ccccc32)c(O)c1O. The first-order chi connectivity index (χ1) is 15.1. The molecule has 3 rings (SSSR count). The van der Waals surface area contributed by atoms with Crippen molar-refractivity contribution >= 4 is 28.6 Å². The number of nitrogens with one attached hydrogen (secondary N) is 1. The summed E-state index contributed by atoms with van der Waals surface area (Å²) in [5.41, 5.74) is -0.941. The van der Waals surface area contributed by atoms with E-state index in [0.29, 0.717) is 11.1 Å². The minimum absolute atomic E-state index is 0.0117. The van der Waals surface area contributed by atoms with Gasteiger partial charge in [0.1, 0.15) is 5.56 Å². The number of carbonyl (C=O) groups is 2. The van der Waals surface area contributed by atoms with Crippen molar-refractivity contribution in [2.24, 2.45) is 0 Å². The lowest BCUT2D eigenvalue weighted by Crippen LogP contribution is -2.27. The zero-order chi connectivity index (χ0) is 24.9. The minimum atomic E-state index is -1.46. The number of hydrogen-bond donors (Lipinski definition) is 4. The zero-order valence-electron chi connectivity index (χ0n) is 19.5. The van der Waals surface area contributed by atoms with Gasteiger partial charge in [-0.05, 0) is 34.6 Å². The summed E-state index contributed by atoms with van der Waals surface area (Å²) in [5.74, 6) is -2.29. The number of pyridine rings is 1. The number of anilines is 1. The first kappa shape index (κ1) is 23.8. The van der Waals surface area contributed by atoms with Crippen LogP contribution in [0.4, 0.5) is 10.5 Å². The van der Waals surface area contributed by atoms with Crippen molar-refractivity contribution in [3.63, 3.8) is 0 Å². The number of phenolic OH excluding ortho intramolecular Hbond substituents is 2. The molecule has 4 N–H and O–H groups in total. The number of carboxylic acids is 1. The lowest BCUT2D eigenvalue weighted by Gasteiger charge is -2.29. The molecule has 174 valence electrons. The van der Waals surface area contributed by atoms with E-state index in [-0.39, 0.29) is 22.3 Å². The van der Waals surface area contributed by atoms with Gasteiger partial charge in [0, 0.05) is 17.1 Å². The van der Waals surface area contributed by atoms with E-state index in [4.69, 9.17) is 0 Å². The summed E-state index contributed by atoms with van der Waals surface area (Å²) in [5, 5.41) is 33.7. The molecule has 2 aromatic carbocycles. The molecule has 8 heteroatoms. The van der Waals surface area contributed by atoms with Gasteiger partial charge in [0.2, 0.25) is 5.43 Å². The maximum Gasteiger partial charge on any atom is 0.341 e. The van der Waals surface area contributed by atoms with Crippen molar-refractivity contribution in [3.05, 3.63) is 63.4 Å². The molecular formula is C25H28N2O6. The lowest BCUT2D eigenvalue weighted by molar-refractivity contribution is 0.0695. The molecule has 0 aliphatic heterocycles. The summed E-state index contributed by atoms with van der Waals surface area (Å²) in [6.07, 6.45) is 0.958. The summed E-state index contributed by atoms with van der Waals surface area (Å²) in [7, 11) is 0. The average Bonchev–Trinajstić information content (AvgIpc) is 2.69. The first-order valence-electron chi connectivity index (χ1n) is 10.4. The minimum Gasteiger partial charge on any atom is -0.504 e.